The summed E-state index contributed by atoms with van der Waals surface area (Å²) in [5.74, 6) is 0.231. The summed E-state index contributed by atoms with van der Waals surface area (Å²) in [6.45, 7) is 7.15. The number of carbonyl (C=O) groups excluding carboxylic acids is 1. The number of nitrogens with zero attached hydrogens (tertiary/aromatic N) is 1. The average Bonchev–Trinajstić information content (AvgIpc) is 2.52. The van der Waals surface area contributed by atoms with Crippen LogP contribution in [0.2, 0.25) is 0 Å². The normalized spacial score (nSPS) is 16.0. The highest BCUT2D eigenvalue weighted by Crippen LogP contribution is 2.17. The molecule has 1 fully saturated rings. The molecule has 22 heavy (non-hydrogen) atoms. The van der Waals surface area contributed by atoms with E-state index < -0.39 is 0 Å². The lowest BCUT2D eigenvalue weighted by Crippen LogP contribution is -2.41. The van der Waals surface area contributed by atoms with Gasteiger partial charge < -0.3 is 15.4 Å². The van der Waals surface area contributed by atoms with Gasteiger partial charge in [0, 0.05) is 19.7 Å². The van der Waals surface area contributed by atoms with Gasteiger partial charge >= 0.3 is 0 Å². The van der Waals surface area contributed by atoms with Gasteiger partial charge in [-0.1, -0.05) is 23.8 Å². The van der Waals surface area contributed by atoms with Crippen molar-refractivity contribution in [1.29, 1.82) is 0 Å². The Labute approximate surface area is 133 Å². The first kappa shape index (κ1) is 17.0. The van der Waals surface area contributed by atoms with Gasteiger partial charge in [-0.15, -0.1) is 0 Å². The molecule has 0 aliphatic carbocycles. The second kappa shape index (κ2) is 8.30. The minimum atomic E-state index is 0.231. The molecule has 1 heterocycles. The molecule has 4 nitrogen and oxygen atoms in total. The van der Waals surface area contributed by atoms with E-state index >= 15 is 0 Å². The third kappa shape index (κ3) is 4.82. The number of hydrogen-bond donors (Lipinski definition) is 1. The van der Waals surface area contributed by atoms with E-state index in [1.165, 1.54) is 11.1 Å². The maximum absolute atomic E-state index is 12.5. The first-order chi connectivity index (χ1) is 10.6. The van der Waals surface area contributed by atoms with Crippen LogP contribution < -0.4 is 5.73 Å². The van der Waals surface area contributed by atoms with Crippen LogP contribution in [-0.2, 0) is 16.0 Å². The van der Waals surface area contributed by atoms with Crippen LogP contribution in [0, 0.1) is 13.8 Å². The van der Waals surface area contributed by atoms with Gasteiger partial charge in [0.1, 0.15) is 0 Å². The van der Waals surface area contributed by atoms with Gasteiger partial charge in [0.05, 0.1) is 12.5 Å². The van der Waals surface area contributed by atoms with Crippen LogP contribution >= 0.6 is 0 Å². The van der Waals surface area contributed by atoms with Crippen molar-refractivity contribution in [1.82, 2.24) is 4.90 Å². The smallest absolute Gasteiger partial charge is 0.227 e. The lowest BCUT2D eigenvalue weighted by atomic mass is 10.0. The molecule has 1 aromatic carbocycles. The van der Waals surface area contributed by atoms with Crippen molar-refractivity contribution >= 4 is 5.91 Å². The molecule has 0 spiro atoms. The Morgan fingerprint density at radius 3 is 2.73 bits per heavy atom. The topological polar surface area (TPSA) is 55.6 Å². The zero-order valence-corrected chi connectivity index (χ0v) is 13.8. The molecule has 0 unspecified atom stereocenters. The van der Waals surface area contributed by atoms with Gasteiger partial charge in [0.25, 0.3) is 0 Å². The quantitative estimate of drug-likeness (QED) is 0.820. The molecule has 0 atom stereocenters. The molecule has 122 valence electrons. The molecule has 0 radical (unpaired) electrons. The van der Waals surface area contributed by atoms with E-state index in [-0.39, 0.29) is 12.0 Å². The molecular weight excluding hydrogens is 276 g/mol. The molecule has 1 aliphatic heterocycles. The molecule has 1 aliphatic rings. The van der Waals surface area contributed by atoms with Gasteiger partial charge in [-0.3, -0.25) is 4.79 Å². The lowest BCUT2D eigenvalue weighted by molar-refractivity contribution is -0.133. The number of nitrogens with two attached hydrogens (primary N) is 1. The molecule has 0 aromatic heterocycles. The highest BCUT2D eigenvalue weighted by Gasteiger charge is 2.23. The summed E-state index contributed by atoms with van der Waals surface area (Å²) in [6, 6.07) is 6.30. The molecule has 2 rings (SSSR count). The van der Waals surface area contributed by atoms with E-state index in [0.717, 1.165) is 44.5 Å². The predicted octanol–water partition coefficient (Wildman–Crippen LogP) is 2.20. The Hall–Kier alpha value is -1.39. The van der Waals surface area contributed by atoms with Gasteiger partial charge in [0.15, 0.2) is 0 Å². The molecular formula is C18H28N2O2. The number of hydrogen-bond acceptors (Lipinski definition) is 3. The van der Waals surface area contributed by atoms with E-state index in [0.29, 0.717) is 13.0 Å². The van der Waals surface area contributed by atoms with Crippen LogP contribution in [0.3, 0.4) is 0 Å². The number of aryl methyl sites for hydroxylation is 2. The molecule has 0 bridgehead atoms. The van der Waals surface area contributed by atoms with E-state index in [9.17, 15) is 4.79 Å². The summed E-state index contributed by atoms with van der Waals surface area (Å²) in [4.78, 5) is 14.4. The second-order valence-corrected chi connectivity index (χ2v) is 6.20. The average molecular weight is 304 g/mol. The largest absolute Gasteiger partial charge is 0.378 e. The summed E-state index contributed by atoms with van der Waals surface area (Å²) in [6.07, 6.45) is 3.57. The summed E-state index contributed by atoms with van der Waals surface area (Å²) < 4.78 is 5.79. The Morgan fingerprint density at radius 2 is 2.05 bits per heavy atom. The SMILES string of the molecule is Cc1ccc(C)c(CC(=O)N2CCC(OCCCN)CC2)c1. The van der Waals surface area contributed by atoms with Crippen LogP contribution in [0.25, 0.3) is 0 Å². The number of amides is 1. The Kier molecular flexibility index (Phi) is 6.40. The monoisotopic (exact) mass is 304 g/mol. The minimum Gasteiger partial charge on any atom is -0.378 e. The van der Waals surface area contributed by atoms with Crippen LogP contribution in [-0.4, -0.2) is 43.2 Å². The number of piperidine rings is 1. The highest BCUT2D eigenvalue weighted by molar-refractivity contribution is 5.79. The van der Waals surface area contributed by atoms with Gasteiger partial charge in [-0.25, -0.2) is 0 Å². The van der Waals surface area contributed by atoms with E-state index in [4.69, 9.17) is 10.5 Å². The molecule has 0 saturated carbocycles. The molecule has 2 N–H and O–H groups in total. The number of likely N-dealkylation sites (tertiary alicyclic amines) is 1. The van der Waals surface area contributed by atoms with Gasteiger partial charge in [-0.05, 0) is 50.8 Å². The number of benzene rings is 1. The maximum atomic E-state index is 12.5. The summed E-state index contributed by atoms with van der Waals surface area (Å²) >= 11 is 0. The Balaban J connectivity index is 1.81. The van der Waals surface area contributed by atoms with Crippen molar-refractivity contribution in [2.24, 2.45) is 5.73 Å². The first-order valence-corrected chi connectivity index (χ1v) is 8.25. The highest BCUT2D eigenvalue weighted by atomic mass is 16.5. The Morgan fingerprint density at radius 1 is 1.32 bits per heavy atom. The van der Waals surface area contributed by atoms with E-state index in [2.05, 4.69) is 32.0 Å². The standard InChI is InChI=1S/C18H28N2O2/c1-14-4-5-15(2)16(12-14)13-18(21)20-9-6-17(7-10-20)22-11-3-8-19/h4-5,12,17H,3,6-11,13,19H2,1-2H3. The van der Waals surface area contributed by atoms with Crippen molar-refractivity contribution in [2.45, 2.75) is 45.6 Å². The van der Waals surface area contributed by atoms with Crippen molar-refractivity contribution in [3.8, 4) is 0 Å². The molecule has 4 heteroatoms. The minimum absolute atomic E-state index is 0.231. The van der Waals surface area contributed by atoms with Crippen LogP contribution in [0.5, 0.6) is 0 Å². The number of rotatable bonds is 6. The summed E-state index contributed by atoms with van der Waals surface area (Å²) in [5, 5.41) is 0. The second-order valence-electron chi connectivity index (χ2n) is 6.20. The van der Waals surface area contributed by atoms with E-state index in [1.54, 1.807) is 0 Å². The van der Waals surface area contributed by atoms with Crippen molar-refractivity contribution < 1.29 is 9.53 Å². The Bertz CT molecular complexity index is 494. The maximum Gasteiger partial charge on any atom is 0.227 e. The lowest BCUT2D eigenvalue weighted by Gasteiger charge is -2.32. The van der Waals surface area contributed by atoms with Crippen LogP contribution in [0.1, 0.15) is 36.0 Å². The molecule has 1 aromatic rings. The van der Waals surface area contributed by atoms with Crippen molar-refractivity contribution in [3.05, 3.63) is 34.9 Å². The summed E-state index contributed by atoms with van der Waals surface area (Å²) in [7, 11) is 0. The fourth-order valence-corrected chi connectivity index (χ4v) is 2.87. The fraction of sp³-hybridized carbons (Fsp3) is 0.611. The van der Waals surface area contributed by atoms with Gasteiger partial charge in [-0.2, -0.15) is 0 Å². The van der Waals surface area contributed by atoms with Crippen molar-refractivity contribution in [3.63, 3.8) is 0 Å². The van der Waals surface area contributed by atoms with Crippen molar-refractivity contribution in [2.75, 3.05) is 26.2 Å². The zero-order chi connectivity index (χ0) is 15.9. The number of ether oxygens (including phenoxy) is 1. The third-order valence-corrected chi connectivity index (χ3v) is 4.34. The third-order valence-electron chi connectivity index (χ3n) is 4.34. The van der Waals surface area contributed by atoms with Crippen LogP contribution in [0.4, 0.5) is 0 Å². The summed E-state index contributed by atoms with van der Waals surface area (Å²) in [5.41, 5.74) is 9.02. The molecule has 1 saturated heterocycles. The number of carbonyl (C=O) groups is 1. The van der Waals surface area contributed by atoms with E-state index in [1.807, 2.05) is 4.90 Å². The van der Waals surface area contributed by atoms with Crippen LogP contribution in [0.15, 0.2) is 18.2 Å². The molecule has 1 amide bonds. The first-order valence-electron chi connectivity index (χ1n) is 8.25. The zero-order valence-electron chi connectivity index (χ0n) is 13.8. The fourth-order valence-electron chi connectivity index (χ4n) is 2.87. The predicted molar refractivity (Wildman–Crippen MR) is 88.8 cm³/mol. The van der Waals surface area contributed by atoms with Gasteiger partial charge in [0.2, 0.25) is 5.91 Å².